The van der Waals surface area contributed by atoms with Crippen molar-refractivity contribution in [3.63, 3.8) is 0 Å². The molecule has 1 aliphatic heterocycles. The summed E-state index contributed by atoms with van der Waals surface area (Å²) in [5.74, 6) is 1.10. The Morgan fingerprint density at radius 2 is 1.96 bits per heavy atom. The molecule has 0 aromatic heterocycles. The molecular weight excluding hydrogens is 288 g/mol. The van der Waals surface area contributed by atoms with Crippen LogP contribution in [0.4, 0.5) is 0 Å². The van der Waals surface area contributed by atoms with E-state index >= 15 is 0 Å². The van der Waals surface area contributed by atoms with E-state index in [-0.39, 0.29) is 17.9 Å². The second-order valence-electron chi connectivity index (χ2n) is 6.01. The molecule has 0 saturated carbocycles. The molecule has 1 amide bonds. The molecule has 1 saturated heterocycles. The third-order valence-electron chi connectivity index (χ3n) is 4.44. The SMILES string of the molecule is COc1cccc(CC(=O)N2C[C@@H](N)[C@H](c3ccccc3)C2)c1. The average Bonchev–Trinajstić information content (AvgIpc) is 2.98. The Bertz CT molecular complexity index is 672. The minimum Gasteiger partial charge on any atom is -0.497 e. The highest BCUT2D eigenvalue weighted by Crippen LogP contribution is 2.27. The topological polar surface area (TPSA) is 55.6 Å². The summed E-state index contributed by atoms with van der Waals surface area (Å²) in [6.07, 6.45) is 0.380. The molecule has 2 aromatic carbocycles. The van der Waals surface area contributed by atoms with Crippen LogP contribution >= 0.6 is 0 Å². The monoisotopic (exact) mass is 310 g/mol. The first-order chi connectivity index (χ1) is 11.2. The number of nitrogens with zero attached hydrogens (tertiary/aromatic N) is 1. The lowest BCUT2D eigenvalue weighted by Gasteiger charge is -2.17. The summed E-state index contributed by atoms with van der Waals surface area (Å²) in [5, 5.41) is 0. The van der Waals surface area contributed by atoms with E-state index in [4.69, 9.17) is 10.5 Å². The van der Waals surface area contributed by atoms with Crippen molar-refractivity contribution in [2.75, 3.05) is 20.2 Å². The number of hydrogen-bond acceptors (Lipinski definition) is 3. The molecule has 120 valence electrons. The van der Waals surface area contributed by atoms with Crippen molar-refractivity contribution in [2.24, 2.45) is 5.73 Å². The standard InChI is InChI=1S/C19H22N2O2/c1-23-16-9-5-6-14(10-16)11-19(22)21-12-17(18(20)13-21)15-7-3-2-4-8-15/h2-10,17-18H,11-13,20H2,1H3/t17-,18+/m0/s1. The van der Waals surface area contributed by atoms with Crippen LogP contribution in [0.5, 0.6) is 5.75 Å². The summed E-state index contributed by atoms with van der Waals surface area (Å²) in [6, 6.07) is 17.8. The molecular formula is C19H22N2O2. The van der Waals surface area contributed by atoms with Crippen LogP contribution in [0.25, 0.3) is 0 Å². The highest BCUT2D eigenvalue weighted by Gasteiger charge is 2.33. The third kappa shape index (κ3) is 3.54. The molecule has 0 spiro atoms. The predicted octanol–water partition coefficient (Wildman–Crippen LogP) is 2.19. The number of hydrogen-bond donors (Lipinski definition) is 1. The molecule has 0 bridgehead atoms. The summed E-state index contributed by atoms with van der Waals surface area (Å²) in [5.41, 5.74) is 8.43. The molecule has 1 fully saturated rings. The summed E-state index contributed by atoms with van der Waals surface area (Å²) in [7, 11) is 1.63. The van der Waals surface area contributed by atoms with E-state index in [0.29, 0.717) is 19.5 Å². The zero-order chi connectivity index (χ0) is 16.2. The molecule has 3 rings (SSSR count). The van der Waals surface area contributed by atoms with Crippen LogP contribution in [-0.2, 0) is 11.2 Å². The van der Waals surface area contributed by atoms with Gasteiger partial charge in [-0.2, -0.15) is 0 Å². The van der Waals surface area contributed by atoms with Crippen LogP contribution in [0, 0.1) is 0 Å². The molecule has 1 aliphatic rings. The zero-order valence-corrected chi connectivity index (χ0v) is 13.3. The van der Waals surface area contributed by atoms with Crippen molar-refractivity contribution in [3.05, 3.63) is 65.7 Å². The number of carbonyl (C=O) groups excluding carboxylic acids is 1. The number of nitrogens with two attached hydrogens (primary N) is 1. The quantitative estimate of drug-likeness (QED) is 0.942. The van der Waals surface area contributed by atoms with Crippen LogP contribution in [0.15, 0.2) is 54.6 Å². The maximum Gasteiger partial charge on any atom is 0.227 e. The van der Waals surface area contributed by atoms with Gasteiger partial charge in [0.2, 0.25) is 5.91 Å². The Labute approximate surface area is 136 Å². The van der Waals surface area contributed by atoms with E-state index in [2.05, 4.69) is 12.1 Å². The largest absolute Gasteiger partial charge is 0.497 e. The van der Waals surface area contributed by atoms with Crippen LogP contribution in [-0.4, -0.2) is 37.0 Å². The molecule has 23 heavy (non-hydrogen) atoms. The maximum absolute atomic E-state index is 12.6. The Kier molecular flexibility index (Phi) is 4.63. The summed E-state index contributed by atoms with van der Waals surface area (Å²) >= 11 is 0. The van der Waals surface area contributed by atoms with E-state index in [0.717, 1.165) is 11.3 Å². The number of ether oxygens (including phenoxy) is 1. The smallest absolute Gasteiger partial charge is 0.227 e. The molecule has 1 heterocycles. The van der Waals surface area contributed by atoms with Crippen LogP contribution in [0.3, 0.4) is 0 Å². The molecule has 4 heteroatoms. The molecule has 0 unspecified atom stereocenters. The van der Waals surface area contributed by atoms with Crippen molar-refractivity contribution < 1.29 is 9.53 Å². The fraction of sp³-hybridized carbons (Fsp3) is 0.316. The van der Waals surface area contributed by atoms with Crippen LogP contribution < -0.4 is 10.5 Å². The lowest BCUT2D eigenvalue weighted by Crippen LogP contribution is -2.33. The van der Waals surface area contributed by atoms with Gasteiger partial charge < -0.3 is 15.4 Å². The Hall–Kier alpha value is -2.33. The lowest BCUT2D eigenvalue weighted by molar-refractivity contribution is -0.129. The fourth-order valence-electron chi connectivity index (χ4n) is 3.15. The molecule has 2 N–H and O–H groups in total. The van der Waals surface area contributed by atoms with Crippen molar-refractivity contribution >= 4 is 5.91 Å². The third-order valence-corrected chi connectivity index (χ3v) is 4.44. The highest BCUT2D eigenvalue weighted by molar-refractivity contribution is 5.79. The number of benzene rings is 2. The van der Waals surface area contributed by atoms with Gasteiger partial charge in [0.1, 0.15) is 5.75 Å². The van der Waals surface area contributed by atoms with Gasteiger partial charge in [0.05, 0.1) is 13.5 Å². The number of rotatable bonds is 4. The van der Waals surface area contributed by atoms with Gasteiger partial charge in [0, 0.05) is 25.0 Å². The average molecular weight is 310 g/mol. The number of carbonyl (C=O) groups is 1. The Balaban J connectivity index is 1.67. The fourth-order valence-corrected chi connectivity index (χ4v) is 3.15. The van der Waals surface area contributed by atoms with Gasteiger partial charge in [-0.05, 0) is 23.3 Å². The van der Waals surface area contributed by atoms with Crippen molar-refractivity contribution in [1.82, 2.24) is 4.90 Å². The summed E-state index contributed by atoms with van der Waals surface area (Å²) < 4.78 is 5.21. The van der Waals surface area contributed by atoms with E-state index in [1.54, 1.807) is 7.11 Å². The minimum absolute atomic E-state index is 0.00772. The normalized spacial score (nSPS) is 20.5. The van der Waals surface area contributed by atoms with Gasteiger partial charge in [-0.3, -0.25) is 4.79 Å². The zero-order valence-electron chi connectivity index (χ0n) is 13.3. The van der Waals surface area contributed by atoms with E-state index in [1.165, 1.54) is 5.56 Å². The molecule has 0 aliphatic carbocycles. The second-order valence-corrected chi connectivity index (χ2v) is 6.01. The van der Waals surface area contributed by atoms with Crippen molar-refractivity contribution in [1.29, 1.82) is 0 Å². The minimum atomic E-state index is -0.00772. The second kappa shape index (κ2) is 6.84. The number of methoxy groups -OCH3 is 1. The Morgan fingerprint density at radius 3 is 2.70 bits per heavy atom. The van der Waals surface area contributed by atoms with E-state index in [1.807, 2.05) is 47.4 Å². The lowest BCUT2D eigenvalue weighted by atomic mass is 9.95. The summed E-state index contributed by atoms with van der Waals surface area (Å²) in [6.45, 7) is 1.30. The van der Waals surface area contributed by atoms with E-state index in [9.17, 15) is 4.79 Å². The van der Waals surface area contributed by atoms with Gasteiger partial charge in [0.15, 0.2) is 0 Å². The Morgan fingerprint density at radius 1 is 1.17 bits per heavy atom. The number of amides is 1. The van der Waals surface area contributed by atoms with Crippen molar-refractivity contribution in [2.45, 2.75) is 18.4 Å². The van der Waals surface area contributed by atoms with Crippen molar-refractivity contribution in [3.8, 4) is 5.75 Å². The van der Waals surface area contributed by atoms with Crippen LogP contribution in [0.2, 0.25) is 0 Å². The first-order valence-electron chi connectivity index (χ1n) is 7.88. The first kappa shape index (κ1) is 15.6. The van der Waals surface area contributed by atoms with Gasteiger partial charge >= 0.3 is 0 Å². The first-order valence-corrected chi connectivity index (χ1v) is 7.88. The molecule has 0 radical (unpaired) electrons. The highest BCUT2D eigenvalue weighted by atomic mass is 16.5. The molecule has 2 aromatic rings. The molecule has 2 atom stereocenters. The van der Waals surface area contributed by atoms with E-state index < -0.39 is 0 Å². The summed E-state index contributed by atoms with van der Waals surface area (Å²) in [4.78, 5) is 14.4. The maximum atomic E-state index is 12.6. The van der Waals surface area contributed by atoms with Gasteiger partial charge in [0.25, 0.3) is 0 Å². The number of likely N-dealkylation sites (tertiary alicyclic amines) is 1. The predicted molar refractivity (Wildman–Crippen MR) is 90.4 cm³/mol. The van der Waals surface area contributed by atoms with Gasteiger partial charge in [-0.25, -0.2) is 0 Å². The van der Waals surface area contributed by atoms with Crippen LogP contribution in [0.1, 0.15) is 17.0 Å². The van der Waals surface area contributed by atoms with Gasteiger partial charge in [-0.15, -0.1) is 0 Å². The van der Waals surface area contributed by atoms with Gasteiger partial charge in [-0.1, -0.05) is 42.5 Å². The molecule has 4 nitrogen and oxygen atoms in total.